The molecule has 7 unspecified atom stereocenters. The summed E-state index contributed by atoms with van der Waals surface area (Å²) in [4.78, 5) is 12.4. The fraction of sp³-hybridized carbons (Fsp3) is 0.950. The average Bonchev–Trinajstić information content (AvgIpc) is 2.84. The summed E-state index contributed by atoms with van der Waals surface area (Å²) in [5.41, 5.74) is -0.0430. The molecule has 23 heavy (non-hydrogen) atoms. The summed E-state index contributed by atoms with van der Waals surface area (Å²) in [7, 11) is 0. The highest BCUT2D eigenvalue weighted by Crippen LogP contribution is 2.56. The smallest absolute Gasteiger partial charge is 0.139 e. The number of rotatable bonds is 4. The van der Waals surface area contributed by atoms with Gasteiger partial charge in [0.25, 0.3) is 0 Å². The fourth-order valence-corrected chi connectivity index (χ4v) is 5.99. The van der Waals surface area contributed by atoms with E-state index in [4.69, 9.17) is 0 Å². The number of carbonyl (C=O) groups is 1. The normalized spacial score (nSPS) is 47.6. The van der Waals surface area contributed by atoms with Crippen LogP contribution in [0.3, 0.4) is 0 Å². The molecule has 0 amide bonds. The number of hydrogen-bond acceptors (Lipinski definition) is 3. The highest BCUT2D eigenvalue weighted by molar-refractivity contribution is 5.87. The molecule has 3 saturated carbocycles. The minimum Gasteiger partial charge on any atom is -0.390 e. The van der Waals surface area contributed by atoms with Crippen molar-refractivity contribution >= 4 is 5.78 Å². The van der Waals surface area contributed by atoms with Gasteiger partial charge in [-0.15, -0.1) is 0 Å². The molecule has 3 rings (SSSR count). The third-order valence-electron chi connectivity index (χ3n) is 7.62. The van der Waals surface area contributed by atoms with Crippen molar-refractivity contribution in [2.24, 2.45) is 29.1 Å². The maximum absolute atomic E-state index is 12.4. The first-order chi connectivity index (χ1) is 11.0. The molecule has 3 nitrogen and oxygen atoms in total. The molecule has 0 radical (unpaired) electrons. The zero-order valence-electron chi connectivity index (χ0n) is 14.8. The summed E-state index contributed by atoms with van der Waals surface area (Å²) in [6.07, 6.45) is 9.31. The monoisotopic (exact) mass is 322 g/mol. The lowest BCUT2D eigenvalue weighted by atomic mass is 9.58. The quantitative estimate of drug-likeness (QED) is 0.829. The van der Waals surface area contributed by atoms with Gasteiger partial charge >= 0.3 is 0 Å². The van der Waals surface area contributed by atoms with Gasteiger partial charge in [0.15, 0.2) is 0 Å². The zero-order valence-corrected chi connectivity index (χ0v) is 14.8. The molecule has 7 atom stereocenters. The molecule has 0 bridgehead atoms. The second-order valence-electron chi connectivity index (χ2n) is 8.75. The van der Waals surface area contributed by atoms with Crippen LogP contribution in [-0.4, -0.2) is 28.2 Å². The Kier molecular flexibility index (Phi) is 5.18. The predicted octanol–water partition coefficient (Wildman–Crippen LogP) is 3.71. The molecule has 0 aromatic carbocycles. The van der Waals surface area contributed by atoms with Crippen LogP contribution in [0.25, 0.3) is 0 Å². The second kappa shape index (κ2) is 6.84. The molecule has 0 aliphatic heterocycles. The van der Waals surface area contributed by atoms with E-state index in [1.54, 1.807) is 0 Å². The molecule has 0 heterocycles. The van der Waals surface area contributed by atoms with E-state index in [2.05, 4.69) is 13.8 Å². The van der Waals surface area contributed by atoms with Gasteiger partial charge in [0, 0.05) is 11.8 Å². The van der Waals surface area contributed by atoms with Gasteiger partial charge in [0.1, 0.15) is 5.78 Å². The molecule has 0 aromatic rings. The molecule has 0 spiro atoms. The Bertz CT molecular complexity index is 435. The van der Waals surface area contributed by atoms with Crippen LogP contribution in [0.1, 0.15) is 78.1 Å². The Balaban J connectivity index is 1.63. The van der Waals surface area contributed by atoms with Crippen LogP contribution in [0.5, 0.6) is 0 Å². The molecule has 3 fully saturated rings. The Morgan fingerprint density at radius 1 is 1.09 bits per heavy atom. The van der Waals surface area contributed by atoms with Gasteiger partial charge < -0.3 is 10.2 Å². The van der Waals surface area contributed by atoms with Crippen LogP contribution in [0.4, 0.5) is 0 Å². The van der Waals surface area contributed by atoms with Gasteiger partial charge in [-0.1, -0.05) is 26.7 Å². The summed E-state index contributed by atoms with van der Waals surface area (Å²) in [6, 6.07) is 0. The molecular formula is C20H34O3. The van der Waals surface area contributed by atoms with Crippen molar-refractivity contribution in [3.05, 3.63) is 0 Å². The molecule has 0 saturated heterocycles. The van der Waals surface area contributed by atoms with E-state index in [-0.39, 0.29) is 5.41 Å². The molecular weight excluding hydrogens is 288 g/mol. The Morgan fingerprint density at radius 3 is 2.57 bits per heavy atom. The third kappa shape index (κ3) is 3.24. The Hall–Kier alpha value is -0.410. The van der Waals surface area contributed by atoms with Crippen LogP contribution < -0.4 is 0 Å². The van der Waals surface area contributed by atoms with E-state index in [1.807, 2.05) is 0 Å². The highest BCUT2D eigenvalue weighted by Gasteiger charge is 2.52. The lowest BCUT2D eigenvalue weighted by Gasteiger charge is -2.46. The van der Waals surface area contributed by atoms with E-state index in [1.165, 1.54) is 19.3 Å². The van der Waals surface area contributed by atoms with Crippen molar-refractivity contribution in [1.29, 1.82) is 0 Å². The number of fused-ring (bicyclic) bond motifs is 1. The second-order valence-corrected chi connectivity index (χ2v) is 8.75. The maximum Gasteiger partial charge on any atom is 0.139 e. The zero-order chi connectivity index (χ0) is 16.6. The number of aliphatic hydroxyl groups excluding tert-OH is 2. The molecule has 2 N–H and O–H groups in total. The number of Topliss-reactive ketones (excluding diaryl/α,β-unsaturated/α-hetero) is 1. The molecule has 3 aliphatic rings. The van der Waals surface area contributed by atoms with Crippen LogP contribution in [0.15, 0.2) is 0 Å². The highest BCUT2D eigenvalue weighted by atomic mass is 16.3. The first-order valence-corrected chi connectivity index (χ1v) is 9.85. The van der Waals surface area contributed by atoms with Gasteiger partial charge in [-0.2, -0.15) is 0 Å². The van der Waals surface area contributed by atoms with Crippen LogP contribution >= 0.6 is 0 Å². The van der Waals surface area contributed by atoms with Crippen molar-refractivity contribution in [1.82, 2.24) is 0 Å². The van der Waals surface area contributed by atoms with Gasteiger partial charge in [-0.3, -0.25) is 4.79 Å². The van der Waals surface area contributed by atoms with E-state index in [0.29, 0.717) is 23.5 Å². The van der Waals surface area contributed by atoms with Crippen molar-refractivity contribution < 1.29 is 15.0 Å². The fourth-order valence-electron chi connectivity index (χ4n) is 5.99. The van der Waals surface area contributed by atoms with Gasteiger partial charge in [-0.25, -0.2) is 0 Å². The van der Waals surface area contributed by atoms with Gasteiger partial charge in [0.05, 0.1) is 12.2 Å². The van der Waals surface area contributed by atoms with Gasteiger partial charge in [0.2, 0.25) is 0 Å². The first-order valence-electron chi connectivity index (χ1n) is 9.85. The number of aliphatic hydroxyl groups is 2. The standard InChI is InChI=1S/C20H34O3/c1-3-14-10-11-20(2)16(7-9-19(20)23)15(14)6-4-13-5-8-17(21)18(22)12-13/h13-18,21-22H,3-12H2,1-2H3. The topological polar surface area (TPSA) is 57.5 Å². The molecule has 3 aliphatic carbocycles. The largest absolute Gasteiger partial charge is 0.390 e. The lowest BCUT2D eigenvalue weighted by molar-refractivity contribution is -0.130. The number of hydrogen-bond donors (Lipinski definition) is 2. The summed E-state index contributed by atoms with van der Waals surface area (Å²) in [5.74, 6) is 3.12. The van der Waals surface area contributed by atoms with E-state index in [9.17, 15) is 15.0 Å². The maximum atomic E-state index is 12.4. The van der Waals surface area contributed by atoms with E-state index < -0.39 is 12.2 Å². The summed E-state index contributed by atoms with van der Waals surface area (Å²) >= 11 is 0. The van der Waals surface area contributed by atoms with E-state index in [0.717, 1.165) is 50.9 Å². The first kappa shape index (κ1) is 17.4. The van der Waals surface area contributed by atoms with Crippen molar-refractivity contribution in [3.63, 3.8) is 0 Å². The van der Waals surface area contributed by atoms with Crippen LogP contribution in [-0.2, 0) is 4.79 Å². The summed E-state index contributed by atoms with van der Waals surface area (Å²) in [6.45, 7) is 4.53. The lowest BCUT2D eigenvalue weighted by Crippen LogP contribution is -2.42. The average molecular weight is 322 g/mol. The SMILES string of the molecule is CCC1CCC2(C)C(=O)CCC2C1CCC1CCC(O)C(O)C1. The minimum absolute atomic E-state index is 0.0430. The molecule has 0 aromatic heterocycles. The van der Waals surface area contributed by atoms with Crippen molar-refractivity contribution in [3.8, 4) is 0 Å². The van der Waals surface area contributed by atoms with Crippen molar-refractivity contribution in [2.75, 3.05) is 0 Å². The summed E-state index contributed by atoms with van der Waals surface area (Å²) < 4.78 is 0. The Labute approximate surface area is 140 Å². The number of ketones is 1. The summed E-state index contributed by atoms with van der Waals surface area (Å²) in [5, 5.41) is 19.6. The van der Waals surface area contributed by atoms with E-state index >= 15 is 0 Å². The van der Waals surface area contributed by atoms with Crippen LogP contribution in [0.2, 0.25) is 0 Å². The molecule has 3 heteroatoms. The number of carbonyl (C=O) groups excluding carboxylic acids is 1. The third-order valence-corrected chi connectivity index (χ3v) is 7.62. The Morgan fingerprint density at radius 2 is 1.87 bits per heavy atom. The van der Waals surface area contributed by atoms with Gasteiger partial charge in [-0.05, 0) is 68.6 Å². The minimum atomic E-state index is -0.527. The van der Waals surface area contributed by atoms with Crippen molar-refractivity contribution in [2.45, 2.75) is 90.3 Å². The van der Waals surface area contributed by atoms with Crippen LogP contribution in [0, 0.1) is 29.1 Å². The predicted molar refractivity (Wildman–Crippen MR) is 90.9 cm³/mol. The molecule has 132 valence electrons.